The Morgan fingerprint density at radius 1 is 1.18 bits per heavy atom. The summed E-state index contributed by atoms with van der Waals surface area (Å²) in [6.45, 7) is 6.69. The van der Waals surface area contributed by atoms with E-state index in [2.05, 4.69) is 10.2 Å². The highest BCUT2D eigenvalue weighted by Crippen LogP contribution is 2.38. The number of halogens is 1. The molecule has 39 heavy (non-hydrogen) atoms. The number of ether oxygens (including phenoxy) is 3. The summed E-state index contributed by atoms with van der Waals surface area (Å²) in [5.74, 6) is -0.170. The minimum atomic E-state index is -1.77. The molecule has 1 aliphatic heterocycles. The van der Waals surface area contributed by atoms with Gasteiger partial charge in [-0.1, -0.05) is 12.1 Å². The number of phenolic OH excluding ortho intramolecular Hbond substituents is 1. The van der Waals surface area contributed by atoms with E-state index in [-0.39, 0.29) is 53.0 Å². The third-order valence-corrected chi connectivity index (χ3v) is 6.64. The highest BCUT2D eigenvalue weighted by atomic mass is 19.1. The number of anilines is 1. The Balaban J connectivity index is 1.30. The lowest BCUT2D eigenvalue weighted by Gasteiger charge is -2.40. The number of nitrogens with two attached hydrogens (primary N) is 1. The zero-order valence-electron chi connectivity index (χ0n) is 22.5. The minimum absolute atomic E-state index is 0.0135. The number of allylic oxidation sites excluding steroid dienone is 2. The number of hydrogen-bond acceptors (Lipinski definition) is 9. The van der Waals surface area contributed by atoms with Crippen molar-refractivity contribution in [3.8, 4) is 17.0 Å². The Labute approximate surface area is 227 Å². The molecule has 210 valence electrons. The fourth-order valence-electron chi connectivity index (χ4n) is 4.55. The summed E-state index contributed by atoms with van der Waals surface area (Å²) in [6.07, 6.45) is 2.50. The van der Waals surface area contributed by atoms with Crippen molar-refractivity contribution in [3.63, 3.8) is 0 Å². The van der Waals surface area contributed by atoms with Crippen molar-refractivity contribution < 1.29 is 28.5 Å². The molecule has 11 heteroatoms. The SMILES string of the molecule is CC(C)(C)OC(=O)N1CCC(OC2CC(O/C(=C\C=N)C(F)c3cc(-c4ccccc4O)nnc3N)C2)CC1. The number of carbonyl (C=O) groups excluding carboxylic acids is 1. The molecule has 1 atom stereocenters. The molecule has 10 nitrogen and oxygen atoms in total. The molecule has 2 aromatic rings. The first kappa shape index (κ1) is 28.3. The van der Waals surface area contributed by atoms with Crippen LogP contribution in [0.4, 0.5) is 15.0 Å². The van der Waals surface area contributed by atoms with Crippen molar-refractivity contribution in [2.24, 2.45) is 0 Å². The fraction of sp³-hybridized carbons (Fsp3) is 0.500. The van der Waals surface area contributed by atoms with Crippen molar-refractivity contribution in [1.29, 1.82) is 5.41 Å². The largest absolute Gasteiger partial charge is 0.507 e. The van der Waals surface area contributed by atoms with Gasteiger partial charge in [-0.2, -0.15) is 0 Å². The number of aromatic hydroxyl groups is 1. The first-order valence-electron chi connectivity index (χ1n) is 13.1. The number of nitrogens with zero attached hydrogens (tertiary/aromatic N) is 3. The maximum absolute atomic E-state index is 15.7. The van der Waals surface area contributed by atoms with E-state index in [0.717, 1.165) is 19.1 Å². The predicted octanol–water partition coefficient (Wildman–Crippen LogP) is 4.94. The zero-order valence-corrected chi connectivity index (χ0v) is 22.5. The monoisotopic (exact) mass is 541 g/mol. The van der Waals surface area contributed by atoms with Gasteiger partial charge in [0.05, 0.1) is 17.9 Å². The standard InChI is InChI=1S/C28H36FN5O5/c1-28(2,3)39-27(36)34-12-9-17(10-13-34)37-18-14-19(15-18)38-24(8-11-30)25(29)21-16-22(32-33-26(21)31)20-6-4-5-7-23(20)35/h4-8,11,16-19,25,30,35H,9-10,12-15H2,1-3H3,(H2,31,33)/b24-8-,30-11?. The van der Waals surface area contributed by atoms with Gasteiger partial charge >= 0.3 is 6.09 Å². The highest BCUT2D eigenvalue weighted by molar-refractivity contribution is 5.70. The van der Waals surface area contributed by atoms with Crippen LogP contribution in [0.1, 0.15) is 58.2 Å². The van der Waals surface area contributed by atoms with Crippen molar-refractivity contribution >= 4 is 18.1 Å². The summed E-state index contributed by atoms with van der Waals surface area (Å²) in [7, 11) is 0. The summed E-state index contributed by atoms with van der Waals surface area (Å²) >= 11 is 0. The molecule has 1 unspecified atom stereocenters. The van der Waals surface area contributed by atoms with Crippen LogP contribution in [0.2, 0.25) is 0 Å². The van der Waals surface area contributed by atoms with Gasteiger partial charge in [0.1, 0.15) is 23.2 Å². The smallest absolute Gasteiger partial charge is 0.410 e. The molecule has 0 radical (unpaired) electrons. The van der Waals surface area contributed by atoms with E-state index in [0.29, 0.717) is 31.5 Å². The lowest BCUT2D eigenvalue weighted by atomic mass is 9.91. The number of nitrogens with one attached hydrogen (secondary N) is 1. The van der Waals surface area contributed by atoms with E-state index < -0.39 is 11.8 Å². The summed E-state index contributed by atoms with van der Waals surface area (Å²) in [5, 5.41) is 25.5. The van der Waals surface area contributed by atoms with Gasteiger partial charge in [-0.3, -0.25) is 0 Å². The van der Waals surface area contributed by atoms with Gasteiger partial charge in [0.15, 0.2) is 12.0 Å². The Kier molecular flexibility index (Phi) is 8.69. The van der Waals surface area contributed by atoms with Crippen LogP contribution in [0.25, 0.3) is 11.3 Å². The number of aromatic nitrogens is 2. The van der Waals surface area contributed by atoms with Gasteiger partial charge in [-0.25, -0.2) is 9.18 Å². The molecular weight excluding hydrogens is 505 g/mol. The van der Waals surface area contributed by atoms with Crippen LogP contribution in [0.5, 0.6) is 5.75 Å². The second-order valence-electron chi connectivity index (χ2n) is 10.8. The number of benzene rings is 1. The molecule has 4 N–H and O–H groups in total. The predicted molar refractivity (Wildman–Crippen MR) is 144 cm³/mol. The van der Waals surface area contributed by atoms with E-state index in [4.69, 9.17) is 25.4 Å². The number of likely N-dealkylation sites (tertiary alicyclic amines) is 1. The van der Waals surface area contributed by atoms with Crippen LogP contribution in [-0.4, -0.2) is 69.5 Å². The molecule has 0 bridgehead atoms. The first-order chi connectivity index (χ1) is 18.5. The Morgan fingerprint density at radius 3 is 2.51 bits per heavy atom. The molecule has 0 spiro atoms. The van der Waals surface area contributed by atoms with Gasteiger partial charge in [-0.15, -0.1) is 10.2 Å². The van der Waals surface area contributed by atoms with Gasteiger partial charge in [0.25, 0.3) is 0 Å². The molecule has 4 rings (SSSR count). The zero-order chi connectivity index (χ0) is 28.2. The molecule has 1 aromatic carbocycles. The molecule has 2 heterocycles. The van der Waals surface area contributed by atoms with E-state index >= 15 is 4.39 Å². The van der Waals surface area contributed by atoms with Crippen molar-refractivity contribution in [2.45, 2.75) is 76.5 Å². The highest BCUT2D eigenvalue weighted by Gasteiger charge is 2.37. The van der Waals surface area contributed by atoms with Crippen molar-refractivity contribution in [2.75, 3.05) is 18.8 Å². The lowest BCUT2D eigenvalue weighted by molar-refractivity contribution is -0.125. The average Bonchev–Trinajstić information content (AvgIpc) is 2.86. The second-order valence-corrected chi connectivity index (χ2v) is 10.8. The molecule has 1 aromatic heterocycles. The first-order valence-corrected chi connectivity index (χ1v) is 13.1. The van der Waals surface area contributed by atoms with Crippen LogP contribution in [0.15, 0.2) is 42.2 Å². The van der Waals surface area contributed by atoms with Gasteiger partial charge in [0, 0.05) is 43.3 Å². The van der Waals surface area contributed by atoms with Gasteiger partial charge in [-0.05, 0) is 57.9 Å². The van der Waals surface area contributed by atoms with E-state index in [1.165, 1.54) is 18.2 Å². The number of phenols is 1. The Morgan fingerprint density at radius 2 is 1.87 bits per heavy atom. The molecule has 1 saturated carbocycles. The summed E-state index contributed by atoms with van der Waals surface area (Å²) in [6, 6.07) is 7.97. The molecule has 1 amide bonds. The molecule has 2 fully saturated rings. The number of hydrogen-bond donors (Lipinski definition) is 3. The Bertz CT molecular complexity index is 1200. The van der Waals surface area contributed by atoms with Crippen LogP contribution in [-0.2, 0) is 14.2 Å². The van der Waals surface area contributed by atoms with Crippen LogP contribution in [0.3, 0.4) is 0 Å². The van der Waals surface area contributed by atoms with Crippen molar-refractivity contribution in [1.82, 2.24) is 15.1 Å². The summed E-state index contributed by atoms with van der Waals surface area (Å²) < 4.78 is 33.2. The number of carbonyl (C=O) groups is 1. The number of nitrogen functional groups attached to an aromatic ring is 1. The van der Waals surface area contributed by atoms with Crippen LogP contribution in [0, 0.1) is 5.41 Å². The summed E-state index contributed by atoms with van der Waals surface area (Å²) in [5.41, 5.74) is 6.11. The minimum Gasteiger partial charge on any atom is -0.507 e. The molecular formula is C28H36FN5O5. The number of amides is 1. The van der Waals surface area contributed by atoms with Crippen LogP contribution < -0.4 is 5.73 Å². The van der Waals surface area contributed by atoms with E-state index in [1.54, 1.807) is 23.1 Å². The van der Waals surface area contributed by atoms with Gasteiger partial charge < -0.3 is 35.4 Å². The Hall–Kier alpha value is -3.73. The molecule has 1 aliphatic carbocycles. The fourth-order valence-corrected chi connectivity index (χ4v) is 4.55. The van der Waals surface area contributed by atoms with Crippen LogP contribution >= 0.6 is 0 Å². The van der Waals surface area contributed by atoms with E-state index in [1.807, 2.05) is 20.8 Å². The lowest BCUT2D eigenvalue weighted by Crippen LogP contribution is -2.46. The normalized spacial score (nSPS) is 21.1. The third-order valence-electron chi connectivity index (χ3n) is 6.64. The quantitative estimate of drug-likeness (QED) is 0.315. The maximum atomic E-state index is 15.7. The second kappa shape index (κ2) is 12.0. The number of para-hydroxylation sites is 1. The summed E-state index contributed by atoms with van der Waals surface area (Å²) in [4.78, 5) is 14.0. The topological polar surface area (TPSA) is 144 Å². The average molecular weight is 542 g/mol. The number of piperidine rings is 1. The molecule has 2 aliphatic rings. The number of alkyl halides is 1. The third kappa shape index (κ3) is 7.23. The van der Waals surface area contributed by atoms with Crippen molar-refractivity contribution in [3.05, 3.63) is 47.7 Å². The van der Waals surface area contributed by atoms with Gasteiger partial charge in [0.2, 0.25) is 0 Å². The van der Waals surface area contributed by atoms with E-state index in [9.17, 15) is 9.90 Å². The number of rotatable bonds is 8. The maximum Gasteiger partial charge on any atom is 0.410 e. The molecule has 1 saturated heterocycles.